The molecule has 1 atom stereocenters. The first kappa shape index (κ1) is 20.0. The summed E-state index contributed by atoms with van der Waals surface area (Å²) in [5, 5.41) is 18.3. The van der Waals surface area contributed by atoms with E-state index in [-0.39, 0.29) is 0 Å². The number of hydrogen-bond acceptors (Lipinski definition) is 6. The smallest absolute Gasteiger partial charge is 0.480 e. The summed E-state index contributed by atoms with van der Waals surface area (Å²) in [6.45, 7) is 4.00. The lowest BCUT2D eigenvalue weighted by molar-refractivity contribution is 0.0197. The first-order valence-electron chi connectivity index (χ1n) is 8.22. The first-order chi connectivity index (χ1) is 12.3. The van der Waals surface area contributed by atoms with Crippen LogP contribution < -0.4 is 10.4 Å². The maximum absolute atomic E-state index is 11.8. The quantitative estimate of drug-likeness (QED) is 0.703. The molecule has 0 bridgehead atoms. The highest BCUT2D eigenvalue weighted by atomic mass is 16.5. The predicted molar refractivity (Wildman–Crippen MR) is 98.9 cm³/mol. The minimum Gasteiger partial charge on any atom is -0.496 e. The van der Waals surface area contributed by atoms with Gasteiger partial charge in [0.05, 0.1) is 31.3 Å². The van der Waals surface area contributed by atoms with E-state index in [0.29, 0.717) is 18.1 Å². The number of ether oxygens (including phenoxy) is 2. The third-order valence-electron chi connectivity index (χ3n) is 4.06. The van der Waals surface area contributed by atoms with Crippen LogP contribution in [0, 0.1) is 0 Å². The van der Waals surface area contributed by atoms with Crippen molar-refractivity contribution in [1.29, 1.82) is 0 Å². The van der Waals surface area contributed by atoms with Crippen molar-refractivity contribution in [2.45, 2.75) is 32.0 Å². The first-order valence-corrected chi connectivity index (χ1v) is 8.22. The molecule has 0 amide bonds. The van der Waals surface area contributed by atoms with Crippen LogP contribution in [0.3, 0.4) is 0 Å². The van der Waals surface area contributed by atoms with Crippen molar-refractivity contribution in [1.82, 2.24) is 0 Å². The molecule has 0 saturated carbocycles. The Hall–Kier alpha value is -2.35. The van der Waals surface area contributed by atoms with E-state index in [2.05, 4.69) is 0 Å². The predicted octanol–water partition coefficient (Wildman–Crippen LogP) is 2.08. The third kappa shape index (κ3) is 5.32. The zero-order chi connectivity index (χ0) is 19.2. The SMILES string of the molecule is COc1cc(C(C)(C)[C@H](/C=C/B(O)O)OCc2ccccc2)oc(=O)c1. The van der Waals surface area contributed by atoms with Crippen molar-refractivity contribution in [3.8, 4) is 5.75 Å². The van der Waals surface area contributed by atoms with Crippen LogP contribution >= 0.6 is 0 Å². The van der Waals surface area contributed by atoms with Gasteiger partial charge in [-0.25, -0.2) is 4.79 Å². The Morgan fingerprint density at radius 1 is 1.23 bits per heavy atom. The van der Waals surface area contributed by atoms with E-state index in [1.54, 1.807) is 12.1 Å². The van der Waals surface area contributed by atoms with Gasteiger partial charge >= 0.3 is 12.7 Å². The highest BCUT2D eigenvalue weighted by Crippen LogP contribution is 2.31. The topological polar surface area (TPSA) is 89.1 Å². The zero-order valence-corrected chi connectivity index (χ0v) is 15.1. The molecule has 2 N–H and O–H groups in total. The summed E-state index contributed by atoms with van der Waals surface area (Å²) >= 11 is 0. The Kier molecular flexibility index (Phi) is 6.80. The molecule has 0 fully saturated rings. The Balaban J connectivity index is 2.32. The van der Waals surface area contributed by atoms with Gasteiger partial charge in [-0.1, -0.05) is 42.4 Å². The second kappa shape index (κ2) is 8.85. The zero-order valence-electron chi connectivity index (χ0n) is 15.1. The van der Waals surface area contributed by atoms with Gasteiger partial charge in [-0.15, -0.1) is 0 Å². The molecule has 6 nitrogen and oxygen atoms in total. The molecule has 26 heavy (non-hydrogen) atoms. The van der Waals surface area contributed by atoms with Crippen LogP contribution in [0.4, 0.5) is 0 Å². The van der Waals surface area contributed by atoms with Crippen molar-refractivity contribution >= 4 is 7.12 Å². The highest BCUT2D eigenvalue weighted by Gasteiger charge is 2.34. The van der Waals surface area contributed by atoms with Crippen molar-refractivity contribution in [3.63, 3.8) is 0 Å². The fraction of sp³-hybridized carbons (Fsp3) is 0.316. The van der Waals surface area contributed by atoms with Gasteiger partial charge in [-0.3, -0.25) is 0 Å². The summed E-state index contributed by atoms with van der Waals surface area (Å²) in [5.41, 5.74) is -0.327. The van der Waals surface area contributed by atoms with E-state index < -0.39 is 24.3 Å². The second-order valence-corrected chi connectivity index (χ2v) is 6.42. The largest absolute Gasteiger partial charge is 0.496 e. The summed E-state index contributed by atoms with van der Waals surface area (Å²) < 4.78 is 16.5. The molecule has 2 rings (SSSR count). The summed E-state index contributed by atoms with van der Waals surface area (Å²) in [5.74, 6) is 1.98. The molecule has 0 unspecified atom stereocenters. The van der Waals surface area contributed by atoms with E-state index in [1.807, 2.05) is 44.2 Å². The molecule has 138 valence electrons. The molecular weight excluding hydrogens is 335 g/mol. The fourth-order valence-corrected chi connectivity index (χ4v) is 2.49. The fourth-order valence-electron chi connectivity index (χ4n) is 2.49. The van der Waals surface area contributed by atoms with Crippen LogP contribution in [0.5, 0.6) is 5.75 Å². The van der Waals surface area contributed by atoms with Crippen LogP contribution in [-0.2, 0) is 16.8 Å². The standard InChI is InChI=1S/C19H23BO6/c1-19(2,17-11-15(24-3)12-18(21)26-17)16(9-10-20(22)23)25-13-14-7-5-4-6-8-14/h4-12,16,22-23H,13H2,1-3H3/b10-9+/t16-/m0/s1. The number of rotatable bonds is 8. The Morgan fingerprint density at radius 2 is 1.92 bits per heavy atom. The van der Waals surface area contributed by atoms with Crippen LogP contribution in [-0.4, -0.2) is 30.4 Å². The Bertz CT molecular complexity index is 782. The van der Waals surface area contributed by atoms with Crippen LogP contribution in [0.2, 0.25) is 0 Å². The van der Waals surface area contributed by atoms with Crippen molar-refractivity contribution < 1.29 is 23.9 Å². The van der Waals surface area contributed by atoms with E-state index in [1.165, 1.54) is 19.2 Å². The Morgan fingerprint density at radius 3 is 2.54 bits per heavy atom. The normalized spacial score (nSPS) is 13.0. The molecule has 7 heteroatoms. The van der Waals surface area contributed by atoms with Gasteiger partial charge < -0.3 is 23.9 Å². The summed E-state index contributed by atoms with van der Waals surface area (Å²) in [7, 11) is -0.136. The lowest BCUT2D eigenvalue weighted by Crippen LogP contribution is -2.35. The third-order valence-corrected chi connectivity index (χ3v) is 4.06. The molecule has 1 aromatic heterocycles. The summed E-state index contributed by atoms with van der Waals surface area (Å²) in [6.07, 6.45) is 0.965. The molecular formula is C19H23BO6. The lowest BCUT2D eigenvalue weighted by atomic mass is 9.80. The van der Waals surface area contributed by atoms with Crippen molar-refractivity contribution in [3.05, 3.63) is 76.3 Å². The summed E-state index contributed by atoms with van der Waals surface area (Å²) in [4.78, 5) is 11.8. The Labute approximate surface area is 152 Å². The molecule has 0 radical (unpaired) electrons. The van der Waals surface area contributed by atoms with Crippen LogP contribution in [0.15, 0.2) is 63.7 Å². The number of hydrogen-bond donors (Lipinski definition) is 2. The van der Waals surface area contributed by atoms with Crippen molar-refractivity contribution in [2.24, 2.45) is 0 Å². The van der Waals surface area contributed by atoms with Crippen LogP contribution in [0.25, 0.3) is 0 Å². The van der Waals surface area contributed by atoms with E-state index in [4.69, 9.17) is 23.9 Å². The number of methoxy groups -OCH3 is 1. The summed E-state index contributed by atoms with van der Waals surface area (Å²) in [6, 6.07) is 12.5. The van der Waals surface area contributed by atoms with Gasteiger partial charge in [0.2, 0.25) is 0 Å². The average Bonchev–Trinajstić information content (AvgIpc) is 2.61. The molecule has 0 aliphatic carbocycles. The van der Waals surface area contributed by atoms with Crippen LogP contribution in [0.1, 0.15) is 25.2 Å². The molecule has 0 aliphatic rings. The monoisotopic (exact) mass is 358 g/mol. The minimum atomic E-state index is -1.61. The van der Waals surface area contributed by atoms with E-state index >= 15 is 0 Å². The maximum Gasteiger partial charge on any atom is 0.480 e. The molecule has 0 saturated heterocycles. The second-order valence-electron chi connectivity index (χ2n) is 6.42. The molecule has 1 heterocycles. The highest BCUT2D eigenvalue weighted by molar-refractivity contribution is 6.47. The molecule has 1 aromatic carbocycles. The van der Waals surface area contributed by atoms with Crippen molar-refractivity contribution in [2.75, 3.05) is 7.11 Å². The van der Waals surface area contributed by atoms with Gasteiger partial charge in [0.15, 0.2) is 0 Å². The average molecular weight is 358 g/mol. The van der Waals surface area contributed by atoms with E-state index in [9.17, 15) is 4.79 Å². The molecule has 0 spiro atoms. The maximum atomic E-state index is 11.8. The van der Waals surface area contributed by atoms with Gasteiger partial charge in [-0.2, -0.15) is 0 Å². The van der Waals surface area contributed by atoms with E-state index in [0.717, 1.165) is 5.56 Å². The minimum absolute atomic E-state index is 0.314. The molecule has 2 aromatic rings. The number of benzene rings is 1. The van der Waals surface area contributed by atoms with Gasteiger partial charge in [0.1, 0.15) is 11.5 Å². The van der Waals surface area contributed by atoms with Gasteiger partial charge in [-0.05, 0) is 19.4 Å². The van der Waals surface area contributed by atoms with Gasteiger partial charge in [0, 0.05) is 6.07 Å². The lowest BCUT2D eigenvalue weighted by Gasteiger charge is -2.31. The van der Waals surface area contributed by atoms with Gasteiger partial charge in [0.25, 0.3) is 0 Å². The molecule has 0 aliphatic heterocycles.